The predicted octanol–water partition coefficient (Wildman–Crippen LogP) is 2.58. The lowest BCUT2D eigenvalue weighted by molar-refractivity contribution is -0.383. The molecule has 18 heavy (non-hydrogen) atoms. The van der Waals surface area contributed by atoms with Gasteiger partial charge in [-0.1, -0.05) is 15.9 Å². The molecule has 0 heterocycles. The normalized spacial score (nSPS) is 10.6. The molecule has 0 bridgehead atoms. The van der Waals surface area contributed by atoms with Crippen LogP contribution in [0.25, 0.3) is 0 Å². The van der Waals surface area contributed by atoms with E-state index < -0.39 is 15.2 Å². The summed E-state index contributed by atoms with van der Waals surface area (Å²) >= 11 is 3.16. The number of nitro groups is 1. The van der Waals surface area contributed by atoms with Crippen molar-refractivity contribution in [1.29, 1.82) is 5.26 Å². The van der Waals surface area contributed by atoms with Gasteiger partial charge >= 0.3 is 0 Å². The molecule has 0 radical (unpaired) electrons. The van der Waals surface area contributed by atoms with Crippen molar-refractivity contribution in [3.63, 3.8) is 0 Å². The van der Waals surface area contributed by atoms with Gasteiger partial charge in [-0.3, -0.25) is 14.9 Å². The highest BCUT2D eigenvalue weighted by Crippen LogP contribution is 2.27. The van der Waals surface area contributed by atoms with Crippen LogP contribution in [-0.4, -0.2) is 15.2 Å². The van der Waals surface area contributed by atoms with Crippen LogP contribution in [0.1, 0.15) is 19.4 Å². The van der Waals surface area contributed by atoms with E-state index in [2.05, 4.69) is 21.2 Å². The molecule has 0 aromatic heterocycles. The maximum Gasteiger partial charge on any atom is 0.294 e. The fourth-order valence-electron chi connectivity index (χ4n) is 1.13. The highest BCUT2D eigenvalue weighted by molar-refractivity contribution is 9.10. The highest BCUT2D eigenvalue weighted by atomic mass is 79.9. The first-order chi connectivity index (χ1) is 8.25. The van der Waals surface area contributed by atoms with Crippen molar-refractivity contribution in [3.8, 4) is 6.07 Å². The molecule has 0 saturated carbocycles. The van der Waals surface area contributed by atoms with Gasteiger partial charge in [0.15, 0.2) is 0 Å². The van der Waals surface area contributed by atoms with Crippen molar-refractivity contribution < 1.29 is 9.72 Å². The molecule has 0 fully saturated rings. The molecule has 94 valence electrons. The van der Waals surface area contributed by atoms with Crippen LogP contribution in [0.2, 0.25) is 0 Å². The molecule has 0 aliphatic carbocycles. The number of nitrogens with one attached hydrogen (secondary N) is 1. The summed E-state index contributed by atoms with van der Waals surface area (Å²) in [4.78, 5) is 21.9. The number of carbonyl (C=O) groups excluding carboxylic acids is 1. The van der Waals surface area contributed by atoms with Gasteiger partial charge in [-0.25, -0.2) is 0 Å². The molecule has 1 amide bonds. The molecule has 1 aromatic carbocycles. The summed E-state index contributed by atoms with van der Waals surface area (Å²) < 4.78 is -0.839. The summed E-state index contributed by atoms with van der Waals surface area (Å²) in [5.41, 5.74) is -0.0755. The van der Waals surface area contributed by atoms with Crippen molar-refractivity contribution in [2.75, 3.05) is 5.32 Å². The van der Waals surface area contributed by atoms with Crippen LogP contribution in [-0.2, 0) is 4.79 Å². The van der Waals surface area contributed by atoms with Gasteiger partial charge in [0, 0.05) is 6.07 Å². The largest absolute Gasteiger partial charge is 0.319 e. The maximum atomic E-state index is 11.7. The number of halogens is 1. The number of carbonyl (C=O) groups is 1. The van der Waals surface area contributed by atoms with E-state index in [0.29, 0.717) is 0 Å². The Balaban J connectivity index is 3.14. The Kier molecular flexibility index (Phi) is 4.03. The zero-order valence-corrected chi connectivity index (χ0v) is 11.3. The van der Waals surface area contributed by atoms with E-state index in [1.54, 1.807) is 19.9 Å². The molecule has 6 nitrogen and oxygen atoms in total. The van der Waals surface area contributed by atoms with Crippen LogP contribution in [0.15, 0.2) is 18.2 Å². The van der Waals surface area contributed by atoms with Gasteiger partial charge in [-0.15, -0.1) is 0 Å². The first-order valence-corrected chi connectivity index (χ1v) is 5.74. The smallest absolute Gasteiger partial charge is 0.294 e. The van der Waals surface area contributed by atoms with Crippen molar-refractivity contribution in [2.24, 2.45) is 0 Å². The average molecular weight is 312 g/mol. The second-order valence-electron chi connectivity index (χ2n) is 4.03. The van der Waals surface area contributed by atoms with Gasteiger partial charge in [0.05, 0.1) is 20.9 Å². The van der Waals surface area contributed by atoms with Crippen molar-refractivity contribution >= 4 is 33.2 Å². The van der Waals surface area contributed by atoms with Crippen LogP contribution < -0.4 is 5.32 Å². The van der Waals surface area contributed by atoms with E-state index in [1.165, 1.54) is 12.1 Å². The van der Waals surface area contributed by atoms with Gasteiger partial charge in [-0.05, 0) is 26.0 Å². The fraction of sp³-hybridized carbons (Fsp3) is 0.273. The Hall–Kier alpha value is -1.94. The number of hydrogen-bond acceptors (Lipinski definition) is 4. The first-order valence-electron chi connectivity index (χ1n) is 4.94. The number of hydrogen-bond donors (Lipinski definition) is 1. The Morgan fingerprint density at radius 2 is 2.17 bits per heavy atom. The number of benzene rings is 1. The molecule has 7 heteroatoms. The zero-order chi connectivity index (χ0) is 13.9. The monoisotopic (exact) mass is 311 g/mol. The summed E-state index contributed by atoms with van der Waals surface area (Å²) in [5, 5.41) is 22.0. The van der Waals surface area contributed by atoms with E-state index >= 15 is 0 Å². The molecule has 1 rings (SSSR count). The van der Waals surface area contributed by atoms with Crippen molar-refractivity contribution in [2.45, 2.75) is 18.2 Å². The summed E-state index contributed by atoms with van der Waals surface area (Å²) in [6, 6.07) is 5.68. The number of alkyl halides is 1. The summed E-state index contributed by atoms with van der Waals surface area (Å²) in [5.74, 6) is -0.407. The van der Waals surface area contributed by atoms with Crippen LogP contribution >= 0.6 is 15.9 Å². The summed E-state index contributed by atoms with van der Waals surface area (Å²) in [6.07, 6.45) is 0. The fourth-order valence-corrected chi connectivity index (χ4v) is 1.23. The van der Waals surface area contributed by atoms with E-state index in [4.69, 9.17) is 5.26 Å². The molecule has 0 saturated heterocycles. The highest BCUT2D eigenvalue weighted by Gasteiger charge is 2.26. The predicted molar refractivity (Wildman–Crippen MR) is 69.4 cm³/mol. The lowest BCUT2D eigenvalue weighted by Gasteiger charge is -2.15. The van der Waals surface area contributed by atoms with E-state index in [0.717, 1.165) is 6.07 Å². The van der Waals surface area contributed by atoms with Crippen LogP contribution in [0.3, 0.4) is 0 Å². The minimum Gasteiger partial charge on any atom is -0.319 e. The second-order valence-corrected chi connectivity index (χ2v) is 6.01. The van der Waals surface area contributed by atoms with Gasteiger partial charge in [0.25, 0.3) is 5.69 Å². The van der Waals surface area contributed by atoms with Crippen LogP contribution in [0.4, 0.5) is 11.4 Å². The van der Waals surface area contributed by atoms with Gasteiger partial charge in [0.1, 0.15) is 5.69 Å². The molecule has 0 aliphatic heterocycles. The SMILES string of the molecule is CC(C)(Br)C(=O)Nc1ccc(C#N)cc1[N+](=O)[O-]. The maximum absolute atomic E-state index is 11.7. The van der Waals surface area contributed by atoms with Crippen molar-refractivity contribution in [1.82, 2.24) is 0 Å². The Morgan fingerprint density at radius 1 is 1.56 bits per heavy atom. The molecule has 0 atom stereocenters. The Labute approximate surface area is 112 Å². The Morgan fingerprint density at radius 3 is 2.61 bits per heavy atom. The van der Waals surface area contributed by atoms with Gasteiger partial charge in [-0.2, -0.15) is 5.26 Å². The lowest BCUT2D eigenvalue weighted by Crippen LogP contribution is -2.31. The number of anilines is 1. The summed E-state index contributed by atoms with van der Waals surface area (Å²) in [6.45, 7) is 3.25. The molecule has 0 spiro atoms. The number of nitriles is 1. The first kappa shape index (κ1) is 14.1. The standard InChI is InChI=1S/C11H10BrN3O3/c1-11(2,12)10(16)14-8-4-3-7(6-13)5-9(8)15(17)18/h3-5H,1-2H3,(H,14,16). The van der Waals surface area contributed by atoms with E-state index in [9.17, 15) is 14.9 Å². The average Bonchev–Trinajstić information content (AvgIpc) is 2.27. The Bertz CT molecular complexity index is 543. The van der Waals surface area contributed by atoms with Crippen LogP contribution in [0.5, 0.6) is 0 Å². The van der Waals surface area contributed by atoms with Crippen LogP contribution in [0, 0.1) is 21.4 Å². The number of rotatable bonds is 3. The molecule has 0 aliphatic rings. The van der Waals surface area contributed by atoms with Gasteiger partial charge in [0.2, 0.25) is 5.91 Å². The third kappa shape index (κ3) is 3.28. The molecule has 1 aromatic rings. The molecular formula is C11H10BrN3O3. The summed E-state index contributed by atoms with van der Waals surface area (Å²) in [7, 11) is 0. The van der Waals surface area contributed by atoms with Gasteiger partial charge < -0.3 is 5.32 Å². The molecular weight excluding hydrogens is 302 g/mol. The minimum absolute atomic E-state index is 0.0662. The quantitative estimate of drug-likeness (QED) is 0.527. The lowest BCUT2D eigenvalue weighted by atomic mass is 10.1. The second kappa shape index (κ2) is 5.14. The van der Waals surface area contributed by atoms with E-state index in [1.807, 2.05) is 0 Å². The molecule has 0 unspecified atom stereocenters. The number of amides is 1. The third-order valence-corrected chi connectivity index (χ3v) is 2.47. The topological polar surface area (TPSA) is 96.0 Å². The minimum atomic E-state index is -0.839. The third-order valence-electron chi connectivity index (χ3n) is 2.11. The zero-order valence-electron chi connectivity index (χ0n) is 9.73. The number of nitro benzene ring substituents is 1. The van der Waals surface area contributed by atoms with E-state index in [-0.39, 0.29) is 16.9 Å². The van der Waals surface area contributed by atoms with Crippen molar-refractivity contribution in [3.05, 3.63) is 33.9 Å². The number of nitrogens with zero attached hydrogens (tertiary/aromatic N) is 2. The molecule has 1 N–H and O–H groups in total.